The molecular weight excluding hydrogens is 483 g/mol. The fraction of sp³-hybridized carbons (Fsp3) is 0.292. The number of fused-ring (bicyclic) bond motifs is 3. The van der Waals surface area contributed by atoms with Gasteiger partial charge in [0, 0.05) is 23.2 Å². The molecule has 2 amide bonds. The highest BCUT2D eigenvalue weighted by molar-refractivity contribution is 6.30. The summed E-state index contributed by atoms with van der Waals surface area (Å²) in [6, 6.07) is 8.28. The first-order chi connectivity index (χ1) is 16.7. The van der Waals surface area contributed by atoms with Crippen LogP contribution in [0.25, 0.3) is 11.0 Å². The van der Waals surface area contributed by atoms with Gasteiger partial charge in [-0.15, -0.1) is 0 Å². The highest BCUT2D eigenvalue weighted by atomic mass is 35.5. The Morgan fingerprint density at radius 3 is 2.60 bits per heavy atom. The number of carbonyl (C=O) groups is 2. The molecule has 1 aliphatic heterocycles. The Kier molecular flexibility index (Phi) is 4.72. The van der Waals surface area contributed by atoms with Crippen LogP contribution >= 0.6 is 11.6 Å². The zero-order valence-electron chi connectivity index (χ0n) is 18.1. The number of halogens is 2. The van der Waals surface area contributed by atoms with E-state index in [1.807, 2.05) is 0 Å². The van der Waals surface area contributed by atoms with Crippen molar-refractivity contribution in [2.24, 2.45) is 0 Å². The Bertz CT molecular complexity index is 1450. The van der Waals surface area contributed by atoms with Gasteiger partial charge >= 0.3 is 0 Å². The molecule has 3 aliphatic carbocycles. The van der Waals surface area contributed by atoms with E-state index in [0.29, 0.717) is 36.1 Å². The minimum Gasteiger partial charge on any atom is -0.484 e. The van der Waals surface area contributed by atoms with Gasteiger partial charge in [-0.2, -0.15) is 0 Å². The van der Waals surface area contributed by atoms with Crippen molar-refractivity contribution in [3.05, 3.63) is 63.2 Å². The number of rotatable bonds is 6. The van der Waals surface area contributed by atoms with Gasteiger partial charge in [-0.1, -0.05) is 11.6 Å². The molecule has 1 aromatic heterocycles. The molecule has 3 aromatic rings. The summed E-state index contributed by atoms with van der Waals surface area (Å²) in [6.45, 7) is -0.270. The molecule has 0 radical (unpaired) electrons. The molecule has 0 unspecified atom stereocenters. The number of carbonyl (C=O) groups excluding carboxylic acids is 2. The Morgan fingerprint density at radius 2 is 1.83 bits per heavy atom. The zero-order valence-corrected chi connectivity index (χ0v) is 18.9. The number of hydrogen-bond donors (Lipinski definition) is 2. The Morgan fingerprint density at radius 1 is 1.06 bits per heavy atom. The first-order valence-electron chi connectivity index (χ1n) is 10.8. The molecule has 2 N–H and O–H groups in total. The highest BCUT2D eigenvalue weighted by Gasteiger charge is 2.69. The lowest BCUT2D eigenvalue weighted by Gasteiger charge is -2.70. The third-order valence-electron chi connectivity index (χ3n) is 6.53. The largest absolute Gasteiger partial charge is 0.484 e. The van der Waals surface area contributed by atoms with Gasteiger partial charge in [0.2, 0.25) is 12.5 Å². The molecule has 3 saturated carbocycles. The molecule has 35 heavy (non-hydrogen) atoms. The summed E-state index contributed by atoms with van der Waals surface area (Å²) in [4.78, 5) is 37.6. The fourth-order valence-electron chi connectivity index (χ4n) is 5.09. The quantitative estimate of drug-likeness (QED) is 0.534. The lowest BCUT2D eigenvalue weighted by atomic mass is 9.44. The fourth-order valence-corrected chi connectivity index (χ4v) is 5.21. The average Bonchev–Trinajstić information content (AvgIpc) is 3.27. The number of benzene rings is 2. The monoisotopic (exact) mass is 500 g/mol. The maximum atomic E-state index is 13.5. The van der Waals surface area contributed by atoms with Crippen LogP contribution in [-0.4, -0.2) is 36.3 Å². The maximum absolute atomic E-state index is 13.5. The smallest absolute Gasteiger partial charge is 0.287 e. The van der Waals surface area contributed by atoms with Crippen LogP contribution in [0.15, 0.2) is 45.6 Å². The number of amides is 2. The normalized spacial score (nSPS) is 23.3. The Balaban J connectivity index is 1.07. The molecule has 2 heterocycles. The zero-order chi connectivity index (χ0) is 24.4. The topological polar surface area (TPSA) is 116 Å². The second kappa shape index (κ2) is 7.61. The highest BCUT2D eigenvalue weighted by Crippen LogP contribution is 2.60. The Hall–Kier alpha value is -3.79. The van der Waals surface area contributed by atoms with Crippen molar-refractivity contribution in [1.82, 2.24) is 10.6 Å². The summed E-state index contributed by atoms with van der Waals surface area (Å²) in [5, 5.41) is 6.10. The molecule has 7 rings (SSSR count). The molecule has 0 spiro atoms. The van der Waals surface area contributed by atoms with Crippen molar-refractivity contribution in [2.75, 3.05) is 13.4 Å². The summed E-state index contributed by atoms with van der Waals surface area (Å²) in [7, 11) is 0. The third-order valence-corrected chi connectivity index (χ3v) is 6.84. The van der Waals surface area contributed by atoms with Gasteiger partial charge in [0.05, 0.1) is 10.4 Å². The molecule has 9 nitrogen and oxygen atoms in total. The van der Waals surface area contributed by atoms with Gasteiger partial charge in [-0.05, 0) is 43.5 Å². The van der Waals surface area contributed by atoms with Gasteiger partial charge in [0.25, 0.3) is 11.8 Å². The van der Waals surface area contributed by atoms with E-state index < -0.39 is 22.8 Å². The predicted molar refractivity (Wildman–Crippen MR) is 120 cm³/mol. The van der Waals surface area contributed by atoms with Crippen LogP contribution in [0.1, 0.15) is 29.8 Å². The Labute approximate surface area is 202 Å². The van der Waals surface area contributed by atoms with Crippen molar-refractivity contribution in [3.63, 3.8) is 0 Å². The van der Waals surface area contributed by atoms with E-state index in [1.54, 1.807) is 12.1 Å². The standard InChI is InChI=1S/C24H18ClFN2O7/c25-14-3-1-12(5-15(14)26)32-7-19(30)27-23-8-24(9-23,10-23)28-22(31)18-6-16(29)13-2-4-17-21(20(13)35-18)34-11-33-17/h1-6H,7-11H2,(H,27,30)(H,28,31). The van der Waals surface area contributed by atoms with Crippen LogP contribution in [0.3, 0.4) is 0 Å². The molecule has 3 fully saturated rings. The van der Waals surface area contributed by atoms with E-state index in [9.17, 15) is 18.8 Å². The van der Waals surface area contributed by atoms with Crippen molar-refractivity contribution >= 4 is 34.4 Å². The van der Waals surface area contributed by atoms with Crippen molar-refractivity contribution < 1.29 is 32.6 Å². The number of ether oxygens (including phenoxy) is 3. The van der Waals surface area contributed by atoms with Crippen LogP contribution in [-0.2, 0) is 4.79 Å². The average molecular weight is 501 g/mol. The predicted octanol–water partition coefficient (Wildman–Crippen LogP) is 2.91. The molecule has 0 atom stereocenters. The maximum Gasteiger partial charge on any atom is 0.287 e. The molecule has 2 aromatic carbocycles. The molecule has 11 heteroatoms. The van der Waals surface area contributed by atoms with Crippen molar-refractivity contribution in [3.8, 4) is 17.2 Å². The number of nitrogens with one attached hydrogen (secondary N) is 2. The number of hydrogen-bond acceptors (Lipinski definition) is 7. The van der Waals surface area contributed by atoms with Gasteiger partial charge in [0.15, 0.2) is 29.1 Å². The van der Waals surface area contributed by atoms with E-state index in [-0.39, 0.29) is 46.9 Å². The molecule has 4 aliphatic rings. The van der Waals surface area contributed by atoms with Gasteiger partial charge in [-0.25, -0.2) is 4.39 Å². The summed E-state index contributed by atoms with van der Waals surface area (Å²) in [6.07, 6.45) is 1.62. The van der Waals surface area contributed by atoms with Crippen LogP contribution in [0.4, 0.5) is 4.39 Å². The molecule has 180 valence electrons. The SMILES string of the molecule is O=C(COc1ccc(Cl)c(F)c1)NC12CC(NC(=O)c3cc(=O)c4ccc5c(c4o3)OCO5)(C1)C2. The summed E-state index contributed by atoms with van der Waals surface area (Å²) in [5.41, 5.74) is -1.10. The third kappa shape index (κ3) is 3.65. The second-order valence-corrected chi connectivity index (χ2v) is 9.52. The second-order valence-electron chi connectivity index (χ2n) is 9.11. The van der Waals surface area contributed by atoms with Crippen LogP contribution in [0.2, 0.25) is 5.02 Å². The minimum absolute atomic E-state index is 0.00707. The molecule has 2 bridgehead atoms. The first-order valence-corrected chi connectivity index (χ1v) is 11.2. The lowest BCUT2D eigenvalue weighted by Crippen LogP contribution is -2.84. The van der Waals surface area contributed by atoms with E-state index in [1.165, 1.54) is 12.1 Å². The summed E-state index contributed by atoms with van der Waals surface area (Å²) >= 11 is 5.63. The summed E-state index contributed by atoms with van der Waals surface area (Å²) < 4.78 is 35.2. The van der Waals surface area contributed by atoms with E-state index in [4.69, 9.17) is 30.2 Å². The lowest BCUT2D eigenvalue weighted by molar-refractivity contribution is -0.141. The summed E-state index contributed by atoms with van der Waals surface area (Å²) in [5.74, 6) is -0.690. The van der Waals surface area contributed by atoms with Crippen LogP contribution in [0, 0.1) is 5.82 Å². The minimum atomic E-state index is -0.630. The van der Waals surface area contributed by atoms with Gasteiger partial charge < -0.3 is 29.3 Å². The van der Waals surface area contributed by atoms with Gasteiger partial charge in [-0.3, -0.25) is 14.4 Å². The molecule has 0 saturated heterocycles. The van der Waals surface area contributed by atoms with Crippen molar-refractivity contribution in [1.29, 1.82) is 0 Å². The van der Waals surface area contributed by atoms with E-state index >= 15 is 0 Å². The van der Waals surface area contributed by atoms with Crippen LogP contribution < -0.4 is 30.3 Å². The first kappa shape index (κ1) is 21.7. The molecular formula is C24H18ClFN2O7. The van der Waals surface area contributed by atoms with Gasteiger partial charge in [0.1, 0.15) is 11.6 Å². The van der Waals surface area contributed by atoms with Crippen LogP contribution in [0.5, 0.6) is 17.2 Å². The van der Waals surface area contributed by atoms with Crippen molar-refractivity contribution in [2.45, 2.75) is 30.3 Å². The van der Waals surface area contributed by atoms with E-state index in [0.717, 1.165) is 12.1 Å². The van der Waals surface area contributed by atoms with E-state index in [2.05, 4.69) is 10.6 Å².